The Bertz CT molecular complexity index is 548. The number of likely N-dealkylation sites (tertiary alicyclic amines) is 2. The molecule has 0 aromatic rings. The molecule has 2 aliphatic heterocycles. The first-order valence-electron chi connectivity index (χ1n) is 11.7. The van der Waals surface area contributed by atoms with Crippen LogP contribution in [0.15, 0.2) is 23.9 Å². The van der Waals surface area contributed by atoms with Gasteiger partial charge >= 0.3 is 6.03 Å². The maximum Gasteiger partial charge on any atom is 0.321 e. The second-order valence-electron chi connectivity index (χ2n) is 8.45. The molecule has 0 aliphatic carbocycles. The van der Waals surface area contributed by atoms with E-state index in [9.17, 15) is 4.79 Å². The van der Waals surface area contributed by atoms with Crippen LogP contribution in [-0.2, 0) is 0 Å². The van der Waals surface area contributed by atoms with E-state index in [0.29, 0.717) is 12.4 Å². The van der Waals surface area contributed by atoms with Gasteiger partial charge in [0.25, 0.3) is 0 Å². The number of nitrogens with two attached hydrogens (primary N) is 1. The fourth-order valence-electron chi connectivity index (χ4n) is 4.24. The summed E-state index contributed by atoms with van der Waals surface area (Å²) in [6, 6.07) is 0.228. The molecule has 2 aliphatic rings. The second-order valence-corrected chi connectivity index (χ2v) is 8.75. The third-order valence-corrected chi connectivity index (χ3v) is 6.16. The molecule has 6 nitrogen and oxygen atoms in total. The van der Waals surface area contributed by atoms with Crippen molar-refractivity contribution in [2.24, 2.45) is 11.3 Å². The van der Waals surface area contributed by atoms with Gasteiger partial charge in [-0.25, -0.2) is 4.79 Å². The normalized spacial score (nSPS) is 25.7. The first-order chi connectivity index (χ1) is 14.5. The zero-order valence-electron chi connectivity index (χ0n) is 19.6. The maximum absolute atomic E-state index is 13.0. The highest BCUT2D eigenvalue weighted by molar-refractivity contribution is 6.18. The quantitative estimate of drug-likeness (QED) is 0.228. The fraction of sp³-hybridized carbons (Fsp3) is 0.783. The lowest BCUT2D eigenvalue weighted by Crippen LogP contribution is -2.45. The van der Waals surface area contributed by atoms with Crippen LogP contribution >= 0.6 is 11.6 Å². The number of alkyl halides is 1. The predicted molar refractivity (Wildman–Crippen MR) is 128 cm³/mol. The topological polar surface area (TPSA) is 73.6 Å². The van der Waals surface area contributed by atoms with E-state index >= 15 is 0 Å². The number of rotatable bonds is 8. The van der Waals surface area contributed by atoms with Crippen LogP contribution in [0.3, 0.4) is 0 Å². The monoisotopic (exact) mass is 441 g/mol. The van der Waals surface area contributed by atoms with Crippen molar-refractivity contribution in [1.82, 2.24) is 20.5 Å². The largest absolute Gasteiger partial charge is 0.324 e. The number of hydrazine groups is 1. The number of urea groups is 1. The van der Waals surface area contributed by atoms with E-state index in [0.717, 1.165) is 44.5 Å². The van der Waals surface area contributed by atoms with Crippen molar-refractivity contribution in [3.8, 4) is 0 Å². The average Bonchev–Trinajstić information content (AvgIpc) is 3.22. The van der Waals surface area contributed by atoms with Crippen LogP contribution in [0.1, 0.15) is 66.2 Å². The minimum atomic E-state index is -0.0163. The lowest BCUT2D eigenvalue weighted by molar-refractivity contribution is 0.149. The number of amides is 2. The van der Waals surface area contributed by atoms with Crippen molar-refractivity contribution in [1.29, 1.82) is 0 Å². The zero-order valence-corrected chi connectivity index (χ0v) is 20.3. The van der Waals surface area contributed by atoms with Gasteiger partial charge in [-0.3, -0.25) is 11.3 Å². The number of halogens is 1. The van der Waals surface area contributed by atoms with Gasteiger partial charge in [0, 0.05) is 30.7 Å². The molecule has 4 N–H and O–H groups in total. The van der Waals surface area contributed by atoms with Crippen LogP contribution in [0.4, 0.5) is 4.79 Å². The Morgan fingerprint density at radius 3 is 2.57 bits per heavy atom. The summed E-state index contributed by atoms with van der Waals surface area (Å²) in [5.74, 6) is 6.27. The number of carbonyl (C=O) groups excluding carboxylic acids is 1. The van der Waals surface area contributed by atoms with E-state index in [-0.39, 0.29) is 17.5 Å². The first-order valence-corrected chi connectivity index (χ1v) is 12.2. The molecule has 2 fully saturated rings. The van der Waals surface area contributed by atoms with Gasteiger partial charge in [-0.1, -0.05) is 39.8 Å². The summed E-state index contributed by atoms with van der Waals surface area (Å²) in [5, 5.41) is 3.08. The number of nitrogens with zero attached hydrogens (tertiary/aromatic N) is 2. The summed E-state index contributed by atoms with van der Waals surface area (Å²) in [6.45, 7) is 13.3. The Hall–Kier alpha value is -1.08. The SMILES string of the molecule is CC.CC/C(=C\C=C/CCl)NC(=O)N1CCC(NN)CC(C)(CCN2CCCC2)C1. The van der Waals surface area contributed by atoms with Crippen LogP contribution in [0.25, 0.3) is 0 Å². The van der Waals surface area contributed by atoms with Gasteiger partial charge in [0.05, 0.1) is 0 Å². The highest BCUT2D eigenvalue weighted by Gasteiger charge is 2.35. The van der Waals surface area contributed by atoms with Gasteiger partial charge in [-0.2, -0.15) is 0 Å². The summed E-state index contributed by atoms with van der Waals surface area (Å²) in [4.78, 5) is 17.5. The molecule has 0 aromatic carbocycles. The average molecular weight is 442 g/mol. The molecule has 2 unspecified atom stereocenters. The summed E-state index contributed by atoms with van der Waals surface area (Å²) < 4.78 is 0. The lowest BCUT2D eigenvalue weighted by Gasteiger charge is -2.35. The molecule has 30 heavy (non-hydrogen) atoms. The minimum absolute atomic E-state index is 0.0163. The van der Waals surface area contributed by atoms with E-state index in [4.69, 9.17) is 17.4 Å². The fourth-order valence-corrected chi connectivity index (χ4v) is 4.35. The van der Waals surface area contributed by atoms with Crippen molar-refractivity contribution < 1.29 is 4.79 Å². The molecular weight excluding hydrogens is 398 g/mol. The van der Waals surface area contributed by atoms with Gasteiger partial charge in [0.1, 0.15) is 0 Å². The maximum atomic E-state index is 13.0. The Morgan fingerprint density at radius 1 is 1.27 bits per heavy atom. The van der Waals surface area contributed by atoms with Gasteiger partial charge in [0.15, 0.2) is 0 Å². The Morgan fingerprint density at radius 2 is 1.97 bits per heavy atom. The van der Waals surface area contributed by atoms with Gasteiger partial charge < -0.3 is 15.1 Å². The summed E-state index contributed by atoms with van der Waals surface area (Å²) in [7, 11) is 0. The third-order valence-electron chi connectivity index (χ3n) is 5.98. The molecule has 0 saturated carbocycles. The lowest BCUT2D eigenvalue weighted by atomic mass is 9.80. The molecule has 0 bridgehead atoms. The Balaban J connectivity index is 0.00000218. The van der Waals surface area contributed by atoms with E-state index in [1.54, 1.807) is 0 Å². The standard InChI is InChI=1S/C21H38ClN5O.C2H6/c1-3-18(8-4-5-11-22)24-20(28)27-14-9-19(25-23)16-21(2,17-27)10-15-26-12-6-7-13-26;1-2/h4-5,8,19,25H,3,6-7,9-17,23H2,1-2H3,(H,24,28);1-2H3/b5-4-,18-8+;. The molecule has 2 atom stereocenters. The van der Waals surface area contributed by atoms with Gasteiger partial charge in [-0.15, -0.1) is 11.6 Å². The van der Waals surface area contributed by atoms with Crippen molar-refractivity contribution in [3.05, 3.63) is 23.9 Å². The molecule has 0 radical (unpaired) electrons. The third kappa shape index (κ3) is 9.38. The van der Waals surface area contributed by atoms with E-state index in [1.165, 1.54) is 25.9 Å². The number of hydrogen-bond donors (Lipinski definition) is 3. The molecular formula is C23H44ClN5O. The molecule has 2 heterocycles. The number of allylic oxidation sites excluding steroid dienone is 4. The number of carbonyl (C=O) groups is 1. The van der Waals surface area contributed by atoms with Crippen molar-refractivity contribution in [2.75, 3.05) is 38.6 Å². The smallest absolute Gasteiger partial charge is 0.321 e. The molecule has 0 aromatic heterocycles. The van der Waals surface area contributed by atoms with Crippen LogP contribution in [0, 0.1) is 5.41 Å². The van der Waals surface area contributed by atoms with Crippen LogP contribution in [-0.4, -0.2) is 60.5 Å². The van der Waals surface area contributed by atoms with Crippen LogP contribution in [0.5, 0.6) is 0 Å². The number of nitrogens with one attached hydrogen (secondary N) is 2. The van der Waals surface area contributed by atoms with Crippen molar-refractivity contribution >= 4 is 17.6 Å². The molecule has 2 saturated heterocycles. The van der Waals surface area contributed by atoms with E-state index in [1.807, 2.05) is 43.9 Å². The molecule has 174 valence electrons. The molecule has 2 rings (SSSR count). The van der Waals surface area contributed by atoms with Crippen molar-refractivity contribution in [3.63, 3.8) is 0 Å². The van der Waals surface area contributed by atoms with Gasteiger partial charge in [0.2, 0.25) is 0 Å². The molecule has 2 amide bonds. The Labute approximate surface area is 189 Å². The highest BCUT2D eigenvalue weighted by Crippen LogP contribution is 2.33. The zero-order chi connectivity index (χ0) is 22.4. The Kier molecular flexibility index (Phi) is 13.3. The highest BCUT2D eigenvalue weighted by atomic mass is 35.5. The predicted octanol–water partition coefficient (Wildman–Crippen LogP) is 4.23. The number of hydrogen-bond acceptors (Lipinski definition) is 4. The van der Waals surface area contributed by atoms with Crippen molar-refractivity contribution in [2.45, 2.75) is 72.3 Å². The second kappa shape index (κ2) is 14.8. The van der Waals surface area contributed by atoms with E-state index < -0.39 is 0 Å². The summed E-state index contributed by atoms with van der Waals surface area (Å²) in [6.07, 6.45) is 12.0. The molecule has 0 spiro atoms. The first kappa shape index (κ1) is 27.0. The van der Waals surface area contributed by atoms with E-state index in [2.05, 4.69) is 22.6 Å². The molecule has 7 heteroatoms. The van der Waals surface area contributed by atoms with Crippen LogP contribution < -0.4 is 16.6 Å². The van der Waals surface area contributed by atoms with Crippen LogP contribution in [0.2, 0.25) is 0 Å². The van der Waals surface area contributed by atoms with Gasteiger partial charge in [-0.05, 0) is 69.7 Å². The summed E-state index contributed by atoms with van der Waals surface area (Å²) in [5.41, 5.74) is 3.93. The minimum Gasteiger partial charge on any atom is -0.324 e. The summed E-state index contributed by atoms with van der Waals surface area (Å²) >= 11 is 5.68.